The Morgan fingerprint density at radius 2 is 1.74 bits per heavy atom. The van der Waals surface area contributed by atoms with Crippen molar-refractivity contribution < 1.29 is 22.7 Å². The third-order valence-electron chi connectivity index (χ3n) is 4.84. The molecule has 2 aromatic rings. The second-order valence-electron chi connectivity index (χ2n) is 7.96. The van der Waals surface area contributed by atoms with Crippen molar-refractivity contribution >= 4 is 27.6 Å². The lowest BCUT2D eigenvalue weighted by molar-refractivity contribution is -0.125. The molecule has 3 amide bonds. The molecule has 0 aromatic heterocycles. The fourth-order valence-electron chi connectivity index (χ4n) is 3.21. The number of benzene rings is 2. The first-order valence-corrected chi connectivity index (χ1v) is 11.4. The number of sulfonamides is 1. The van der Waals surface area contributed by atoms with E-state index in [0.29, 0.717) is 12.2 Å². The molecule has 166 valence electrons. The number of nitrogens with zero attached hydrogens (tertiary/aromatic N) is 3. The molecule has 0 radical (unpaired) electrons. The second-order valence-corrected chi connectivity index (χ2v) is 10.1. The van der Waals surface area contributed by atoms with Gasteiger partial charge < -0.3 is 4.74 Å². The van der Waals surface area contributed by atoms with Crippen LogP contribution in [-0.2, 0) is 21.4 Å². The van der Waals surface area contributed by atoms with Crippen molar-refractivity contribution in [1.82, 2.24) is 9.21 Å². The number of hydrogen-bond acceptors (Lipinski definition) is 5. The van der Waals surface area contributed by atoms with Gasteiger partial charge in [0.2, 0.25) is 10.0 Å². The quantitative estimate of drug-likeness (QED) is 0.583. The average molecular weight is 446 g/mol. The number of carbonyl (C=O) groups excluding carboxylic acids is 2. The van der Waals surface area contributed by atoms with Crippen molar-refractivity contribution in [2.75, 3.05) is 32.1 Å². The van der Waals surface area contributed by atoms with Gasteiger partial charge in [0.1, 0.15) is 18.9 Å². The molecular formula is C22H27N3O5S. The van der Waals surface area contributed by atoms with Crippen LogP contribution in [0.3, 0.4) is 0 Å². The minimum Gasteiger partial charge on any atom is -0.487 e. The molecule has 0 unspecified atom stereocenters. The third-order valence-corrected chi connectivity index (χ3v) is 6.65. The van der Waals surface area contributed by atoms with Crippen LogP contribution in [0.5, 0.6) is 5.75 Å². The van der Waals surface area contributed by atoms with E-state index in [-0.39, 0.29) is 35.6 Å². The van der Waals surface area contributed by atoms with Crippen molar-refractivity contribution in [2.24, 2.45) is 5.92 Å². The molecule has 1 aliphatic rings. The lowest BCUT2D eigenvalue weighted by Gasteiger charge is -2.22. The summed E-state index contributed by atoms with van der Waals surface area (Å²) in [7, 11) is -0.812. The summed E-state index contributed by atoms with van der Waals surface area (Å²) in [5, 5.41) is 0. The molecular weight excluding hydrogens is 418 g/mol. The maximum Gasteiger partial charge on any atom is 0.331 e. The Bertz CT molecular complexity index is 1070. The molecule has 0 N–H and O–H groups in total. The molecule has 0 atom stereocenters. The van der Waals surface area contributed by atoms with Crippen LogP contribution in [0.15, 0.2) is 53.4 Å². The van der Waals surface area contributed by atoms with E-state index in [4.69, 9.17) is 4.74 Å². The molecule has 1 aliphatic heterocycles. The molecule has 0 spiro atoms. The number of imide groups is 1. The molecule has 1 saturated heterocycles. The smallest absolute Gasteiger partial charge is 0.331 e. The van der Waals surface area contributed by atoms with Crippen molar-refractivity contribution in [3.8, 4) is 5.75 Å². The Balaban J connectivity index is 1.99. The molecule has 0 bridgehead atoms. The molecule has 1 fully saturated rings. The topological polar surface area (TPSA) is 87.2 Å². The monoisotopic (exact) mass is 445 g/mol. The van der Waals surface area contributed by atoms with E-state index in [1.807, 2.05) is 44.2 Å². The minimum absolute atomic E-state index is 0.0429. The maximum absolute atomic E-state index is 12.9. The highest BCUT2D eigenvalue weighted by Crippen LogP contribution is 2.35. The molecule has 8 nitrogen and oxygen atoms in total. The molecule has 3 rings (SSSR count). The first-order chi connectivity index (χ1) is 14.6. The lowest BCUT2D eigenvalue weighted by Crippen LogP contribution is -2.35. The van der Waals surface area contributed by atoms with E-state index in [1.54, 1.807) is 0 Å². The first-order valence-electron chi connectivity index (χ1n) is 9.96. The zero-order valence-corrected chi connectivity index (χ0v) is 18.9. The SMILES string of the molecule is CC(C)CN1C(=O)CN(c2ccc(S(=O)(=O)N(C)C)cc2OCc2ccccc2)C1=O. The van der Waals surface area contributed by atoms with Gasteiger partial charge in [-0.1, -0.05) is 44.2 Å². The van der Waals surface area contributed by atoms with Crippen LogP contribution in [0.1, 0.15) is 19.4 Å². The van der Waals surface area contributed by atoms with E-state index < -0.39 is 16.1 Å². The average Bonchev–Trinajstić information content (AvgIpc) is 3.00. The maximum atomic E-state index is 12.9. The van der Waals surface area contributed by atoms with E-state index >= 15 is 0 Å². The van der Waals surface area contributed by atoms with Crippen LogP contribution in [0.4, 0.5) is 10.5 Å². The fraction of sp³-hybridized carbons (Fsp3) is 0.364. The second kappa shape index (κ2) is 9.07. The number of rotatable bonds is 8. The van der Waals surface area contributed by atoms with Crippen molar-refractivity contribution in [3.05, 3.63) is 54.1 Å². The van der Waals surface area contributed by atoms with Gasteiger partial charge in [0, 0.05) is 26.7 Å². The van der Waals surface area contributed by atoms with Gasteiger partial charge in [0.15, 0.2) is 0 Å². The Labute approximate surface area is 183 Å². The standard InChI is InChI=1S/C22H27N3O5S/c1-16(2)13-25-21(26)14-24(22(25)27)19-11-10-18(31(28,29)23(3)4)12-20(19)30-15-17-8-6-5-7-9-17/h5-12,16H,13-15H2,1-4H3. The minimum atomic E-state index is -3.70. The van der Waals surface area contributed by atoms with Crippen molar-refractivity contribution in [2.45, 2.75) is 25.3 Å². The van der Waals surface area contributed by atoms with Gasteiger partial charge in [-0.25, -0.2) is 17.5 Å². The molecule has 2 aromatic carbocycles. The van der Waals surface area contributed by atoms with E-state index in [9.17, 15) is 18.0 Å². The van der Waals surface area contributed by atoms with E-state index in [0.717, 1.165) is 9.87 Å². The van der Waals surface area contributed by atoms with Crippen LogP contribution in [0, 0.1) is 5.92 Å². The molecule has 1 heterocycles. The predicted molar refractivity (Wildman–Crippen MR) is 117 cm³/mol. The van der Waals surface area contributed by atoms with Gasteiger partial charge in [-0.2, -0.15) is 0 Å². The Hall–Kier alpha value is -2.91. The Morgan fingerprint density at radius 3 is 2.35 bits per heavy atom. The van der Waals surface area contributed by atoms with E-state index in [2.05, 4.69) is 0 Å². The molecule has 9 heteroatoms. The summed E-state index contributed by atoms with van der Waals surface area (Å²) >= 11 is 0. The van der Waals surface area contributed by atoms with Gasteiger partial charge in [0.05, 0.1) is 10.6 Å². The summed E-state index contributed by atoms with van der Waals surface area (Å²) in [5.74, 6) is 0.0614. The summed E-state index contributed by atoms with van der Waals surface area (Å²) < 4.78 is 32.3. The highest BCUT2D eigenvalue weighted by molar-refractivity contribution is 7.89. The van der Waals surface area contributed by atoms with Gasteiger partial charge >= 0.3 is 6.03 Å². The van der Waals surface area contributed by atoms with Gasteiger partial charge in [0.25, 0.3) is 5.91 Å². The number of urea groups is 1. The van der Waals surface area contributed by atoms with Crippen LogP contribution < -0.4 is 9.64 Å². The summed E-state index contributed by atoms with van der Waals surface area (Å²) in [6.45, 7) is 4.25. The summed E-state index contributed by atoms with van der Waals surface area (Å²) in [6.07, 6.45) is 0. The number of carbonyl (C=O) groups is 2. The fourth-order valence-corrected chi connectivity index (χ4v) is 4.13. The van der Waals surface area contributed by atoms with Crippen molar-refractivity contribution in [1.29, 1.82) is 0 Å². The zero-order chi connectivity index (χ0) is 22.8. The first kappa shape index (κ1) is 22.8. The van der Waals surface area contributed by atoms with E-state index in [1.165, 1.54) is 42.1 Å². The van der Waals surface area contributed by atoms with Gasteiger partial charge in [-0.05, 0) is 23.6 Å². The molecule has 31 heavy (non-hydrogen) atoms. The third kappa shape index (κ3) is 4.88. The zero-order valence-electron chi connectivity index (χ0n) is 18.1. The van der Waals surface area contributed by atoms with Crippen molar-refractivity contribution in [3.63, 3.8) is 0 Å². The van der Waals surface area contributed by atoms with Crippen LogP contribution in [0.25, 0.3) is 0 Å². The summed E-state index contributed by atoms with van der Waals surface area (Å²) in [6, 6.07) is 13.3. The lowest BCUT2D eigenvalue weighted by atomic mass is 10.2. The molecule has 0 aliphatic carbocycles. The Morgan fingerprint density at radius 1 is 1.06 bits per heavy atom. The van der Waals surface area contributed by atoms with Crippen LogP contribution in [0.2, 0.25) is 0 Å². The largest absolute Gasteiger partial charge is 0.487 e. The number of amides is 3. The molecule has 0 saturated carbocycles. The number of ether oxygens (including phenoxy) is 1. The summed E-state index contributed by atoms with van der Waals surface area (Å²) in [5.41, 5.74) is 1.25. The van der Waals surface area contributed by atoms with Gasteiger partial charge in [-0.3, -0.25) is 14.6 Å². The summed E-state index contributed by atoms with van der Waals surface area (Å²) in [4.78, 5) is 27.9. The van der Waals surface area contributed by atoms with Crippen LogP contribution >= 0.6 is 0 Å². The van der Waals surface area contributed by atoms with Crippen LogP contribution in [-0.4, -0.2) is 56.7 Å². The van der Waals surface area contributed by atoms with Gasteiger partial charge in [-0.15, -0.1) is 0 Å². The Kier molecular flexibility index (Phi) is 6.66. The number of anilines is 1. The highest BCUT2D eigenvalue weighted by atomic mass is 32.2. The normalized spacial score (nSPS) is 14.8. The number of hydrogen-bond donors (Lipinski definition) is 0. The predicted octanol–water partition coefficient (Wildman–Crippen LogP) is 2.94. The highest BCUT2D eigenvalue weighted by Gasteiger charge is 2.38.